The van der Waals surface area contributed by atoms with E-state index < -0.39 is 5.54 Å². The molecule has 27 heavy (non-hydrogen) atoms. The van der Waals surface area contributed by atoms with Crippen LogP contribution in [0.2, 0.25) is 0 Å². The second-order valence-electron chi connectivity index (χ2n) is 7.37. The number of hydrogen-bond acceptors (Lipinski definition) is 6. The van der Waals surface area contributed by atoms with Crippen LogP contribution in [0, 0.1) is 0 Å². The quantitative estimate of drug-likeness (QED) is 0.422. The normalized spacial score (nSPS) is 16.4. The third kappa shape index (κ3) is 4.18. The maximum absolute atomic E-state index is 12.2. The van der Waals surface area contributed by atoms with Gasteiger partial charge in [0.05, 0.1) is 12.8 Å². The largest absolute Gasteiger partial charge is 0.467 e. The zero-order valence-corrected chi connectivity index (χ0v) is 16.9. The number of furan rings is 1. The highest BCUT2D eigenvalue weighted by atomic mass is 32.2. The van der Waals surface area contributed by atoms with E-state index in [1.807, 2.05) is 12.1 Å². The third-order valence-corrected chi connectivity index (χ3v) is 5.41. The molecule has 0 aromatic carbocycles. The lowest BCUT2D eigenvalue weighted by Crippen LogP contribution is -2.40. The molecule has 1 saturated heterocycles. The first-order valence-corrected chi connectivity index (χ1v) is 10.0. The predicted octanol–water partition coefficient (Wildman–Crippen LogP) is 2.86. The van der Waals surface area contributed by atoms with E-state index >= 15 is 0 Å². The number of carbonyl (C=O) groups excluding carboxylic acids is 2. The molecule has 3 heterocycles. The number of imide groups is 1. The molecule has 3 rings (SSSR count). The van der Waals surface area contributed by atoms with Crippen molar-refractivity contribution < 1.29 is 14.0 Å². The summed E-state index contributed by atoms with van der Waals surface area (Å²) in [4.78, 5) is 25.4. The van der Waals surface area contributed by atoms with E-state index in [1.165, 1.54) is 4.90 Å². The van der Waals surface area contributed by atoms with E-state index in [0.717, 1.165) is 22.5 Å². The molecule has 1 aliphatic heterocycles. The van der Waals surface area contributed by atoms with Crippen LogP contribution in [0.15, 0.2) is 28.0 Å². The average molecular weight is 391 g/mol. The minimum Gasteiger partial charge on any atom is -0.467 e. The summed E-state index contributed by atoms with van der Waals surface area (Å²) >= 11 is 1.57. The van der Waals surface area contributed by atoms with Gasteiger partial charge in [-0.1, -0.05) is 25.6 Å². The van der Waals surface area contributed by atoms with Crippen LogP contribution in [0.5, 0.6) is 0 Å². The van der Waals surface area contributed by atoms with Crippen molar-refractivity contribution in [3.8, 4) is 0 Å². The topological polar surface area (TPSA) is 93.3 Å². The van der Waals surface area contributed by atoms with Gasteiger partial charge in [-0.15, -0.1) is 10.2 Å². The minimum absolute atomic E-state index is 0.180. The molecule has 3 amide bonds. The van der Waals surface area contributed by atoms with Crippen molar-refractivity contribution in [2.24, 2.45) is 0 Å². The van der Waals surface area contributed by atoms with E-state index in [4.69, 9.17) is 4.42 Å². The molecule has 1 fully saturated rings. The van der Waals surface area contributed by atoms with Crippen LogP contribution >= 0.6 is 11.8 Å². The van der Waals surface area contributed by atoms with Crippen LogP contribution in [-0.2, 0) is 11.3 Å². The van der Waals surface area contributed by atoms with Crippen LogP contribution in [0.25, 0.3) is 0 Å². The Bertz CT molecular complexity index is 813. The zero-order chi connectivity index (χ0) is 19.6. The van der Waals surface area contributed by atoms with Crippen molar-refractivity contribution in [2.45, 2.75) is 57.3 Å². The van der Waals surface area contributed by atoms with Crippen molar-refractivity contribution in [3.63, 3.8) is 0 Å². The lowest BCUT2D eigenvalue weighted by atomic mass is 10.1. The van der Waals surface area contributed by atoms with E-state index in [0.29, 0.717) is 19.5 Å². The van der Waals surface area contributed by atoms with Crippen LogP contribution in [0.4, 0.5) is 4.79 Å². The molecule has 0 unspecified atom stereocenters. The fourth-order valence-electron chi connectivity index (χ4n) is 2.95. The molecule has 0 saturated carbocycles. The molecule has 146 valence electrons. The van der Waals surface area contributed by atoms with Gasteiger partial charge in [-0.05, 0) is 32.4 Å². The first-order chi connectivity index (χ1) is 12.8. The lowest BCUT2D eigenvalue weighted by Gasteiger charge is -2.15. The van der Waals surface area contributed by atoms with Crippen molar-refractivity contribution in [1.82, 2.24) is 25.0 Å². The van der Waals surface area contributed by atoms with Gasteiger partial charge in [0.2, 0.25) is 0 Å². The summed E-state index contributed by atoms with van der Waals surface area (Å²) in [5.41, 5.74) is -0.820. The number of hydrogen-bond donors (Lipinski definition) is 1. The average Bonchev–Trinajstić information content (AvgIpc) is 3.28. The third-order valence-electron chi connectivity index (χ3n) is 4.36. The standard InChI is InChI=1S/C18H25N5O3S/c1-12(2)14-20-21-17(23(14)11-13-7-5-9-26-13)27-10-6-8-22-15(24)18(3,4)19-16(22)25/h5,7,9,12H,6,8,10-11H2,1-4H3,(H,19,25). The Kier molecular flexibility index (Phi) is 5.59. The smallest absolute Gasteiger partial charge is 0.325 e. The van der Waals surface area contributed by atoms with Gasteiger partial charge in [-0.25, -0.2) is 4.79 Å². The molecule has 8 nitrogen and oxygen atoms in total. The Hall–Kier alpha value is -2.29. The van der Waals surface area contributed by atoms with Gasteiger partial charge in [0.25, 0.3) is 5.91 Å². The molecular weight excluding hydrogens is 366 g/mol. The van der Waals surface area contributed by atoms with Crippen molar-refractivity contribution in [2.75, 3.05) is 12.3 Å². The van der Waals surface area contributed by atoms with Crippen LogP contribution < -0.4 is 5.32 Å². The summed E-state index contributed by atoms with van der Waals surface area (Å²) in [6, 6.07) is 3.47. The van der Waals surface area contributed by atoms with E-state index in [-0.39, 0.29) is 17.9 Å². The fraction of sp³-hybridized carbons (Fsp3) is 0.556. The van der Waals surface area contributed by atoms with E-state index in [1.54, 1.807) is 31.9 Å². The molecule has 0 spiro atoms. The van der Waals surface area contributed by atoms with Crippen LogP contribution in [0.1, 0.15) is 51.6 Å². The predicted molar refractivity (Wildman–Crippen MR) is 102 cm³/mol. The molecule has 0 bridgehead atoms. The SMILES string of the molecule is CC(C)c1nnc(SCCCN2C(=O)NC(C)(C)C2=O)n1Cc1ccco1. The highest BCUT2D eigenvalue weighted by Crippen LogP contribution is 2.24. The Balaban J connectivity index is 1.60. The fourth-order valence-corrected chi connectivity index (χ4v) is 3.82. The Morgan fingerprint density at radius 3 is 2.67 bits per heavy atom. The van der Waals surface area contributed by atoms with Gasteiger partial charge in [-0.2, -0.15) is 0 Å². The molecule has 0 radical (unpaired) electrons. The van der Waals surface area contributed by atoms with Gasteiger partial charge in [-0.3, -0.25) is 14.3 Å². The number of nitrogens with one attached hydrogen (secondary N) is 1. The summed E-state index contributed by atoms with van der Waals surface area (Å²) in [5.74, 6) is 2.55. The Morgan fingerprint density at radius 1 is 1.30 bits per heavy atom. The van der Waals surface area contributed by atoms with Crippen LogP contribution in [0.3, 0.4) is 0 Å². The number of nitrogens with zero attached hydrogens (tertiary/aromatic N) is 4. The molecule has 0 atom stereocenters. The summed E-state index contributed by atoms with van der Waals surface area (Å²) in [6.45, 7) is 8.56. The summed E-state index contributed by atoms with van der Waals surface area (Å²) in [5, 5.41) is 12.1. The Morgan fingerprint density at radius 2 is 2.07 bits per heavy atom. The number of urea groups is 1. The van der Waals surface area contributed by atoms with Gasteiger partial charge in [0.1, 0.15) is 17.1 Å². The summed E-state index contributed by atoms with van der Waals surface area (Å²) in [6.07, 6.45) is 2.34. The summed E-state index contributed by atoms with van der Waals surface area (Å²) in [7, 11) is 0. The second-order valence-corrected chi connectivity index (χ2v) is 8.44. The lowest BCUT2D eigenvalue weighted by molar-refractivity contribution is -0.130. The molecule has 1 aliphatic rings. The minimum atomic E-state index is -0.820. The van der Waals surface area contributed by atoms with Crippen LogP contribution in [-0.4, -0.2) is 49.4 Å². The molecule has 2 aromatic rings. The summed E-state index contributed by atoms with van der Waals surface area (Å²) < 4.78 is 7.52. The van der Waals surface area contributed by atoms with Crippen molar-refractivity contribution in [3.05, 3.63) is 30.0 Å². The highest BCUT2D eigenvalue weighted by Gasteiger charge is 2.43. The van der Waals surface area contributed by atoms with Crippen molar-refractivity contribution in [1.29, 1.82) is 0 Å². The number of aromatic nitrogens is 3. The number of amides is 3. The second kappa shape index (κ2) is 7.75. The first kappa shape index (κ1) is 19.5. The van der Waals surface area contributed by atoms with Gasteiger partial charge in [0, 0.05) is 18.2 Å². The molecule has 2 aromatic heterocycles. The highest BCUT2D eigenvalue weighted by molar-refractivity contribution is 7.99. The number of carbonyl (C=O) groups is 2. The number of rotatable bonds is 8. The molecular formula is C18H25N5O3S. The van der Waals surface area contributed by atoms with E-state index in [9.17, 15) is 9.59 Å². The van der Waals surface area contributed by atoms with Gasteiger partial charge < -0.3 is 9.73 Å². The maximum Gasteiger partial charge on any atom is 0.325 e. The molecule has 0 aliphatic carbocycles. The molecule has 1 N–H and O–H groups in total. The maximum atomic E-state index is 12.2. The van der Waals surface area contributed by atoms with Gasteiger partial charge >= 0.3 is 6.03 Å². The van der Waals surface area contributed by atoms with E-state index in [2.05, 4.69) is 33.9 Å². The first-order valence-electron chi connectivity index (χ1n) is 9.02. The van der Waals surface area contributed by atoms with Crippen molar-refractivity contribution >= 4 is 23.7 Å². The molecule has 9 heteroatoms. The van der Waals surface area contributed by atoms with Gasteiger partial charge in [0.15, 0.2) is 5.16 Å². The number of thioether (sulfide) groups is 1. The Labute approximate surface area is 162 Å². The monoisotopic (exact) mass is 391 g/mol. The zero-order valence-electron chi connectivity index (χ0n) is 16.1.